The van der Waals surface area contributed by atoms with E-state index in [1.54, 1.807) is 30.3 Å². The highest BCUT2D eigenvalue weighted by Gasteiger charge is 2.21. The second-order valence-electron chi connectivity index (χ2n) is 7.11. The molecule has 0 aromatic heterocycles. The van der Waals surface area contributed by atoms with Crippen LogP contribution < -0.4 is 14.9 Å². The summed E-state index contributed by atoms with van der Waals surface area (Å²) in [4.78, 5) is 14.1. The van der Waals surface area contributed by atoms with Gasteiger partial charge in [-0.05, 0) is 31.2 Å². The third-order valence-corrected chi connectivity index (χ3v) is 6.57. The van der Waals surface area contributed by atoms with E-state index in [1.807, 2.05) is 30.3 Å². The summed E-state index contributed by atoms with van der Waals surface area (Å²) in [6.45, 7) is 5.03. The van der Waals surface area contributed by atoms with Gasteiger partial charge in [-0.1, -0.05) is 36.4 Å². The fourth-order valence-corrected chi connectivity index (χ4v) is 4.95. The van der Waals surface area contributed by atoms with Crippen molar-refractivity contribution in [1.82, 2.24) is 5.32 Å². The van der Waals surface area contributed by atoms with Crippen molar-refractivity contribution in [3.8, 4) is 0 Å². The van der Waals surface area contributed by atoms with E-state index in [9.17, 15) is 13.2 Å². The standard InChI is InChI=1S/C22H23N3O3S/c1-16(26)17-5-4-6-18(15-17)24-29(27,28)22-10-9-21(25-13-11-23-12-14-25)19-7-2-3-8-20(19)22/h2-10,15,23-24H,11-14H2,1H3. The van der Waals surface area contributed by atoms with E-state index < -0.39 is 10.0 Å². The molecule has 0 saturated carbocycles. The van der Waals surface area contributed by atoms with Gasteiger partial charge >= 0.3 is 0 Å². The molecule has 1 fully saturated rings. The van der Waals surface area contributed by atoms with Crippen molar-refractivity contribution < 1.29 is 13.2 Å². The molecule has 4 rings (SSSR count). The molecule has 0 bridgehead atoms. The number of piperazine rings is 1. The predicted molar refractivity (Wildman–Crippen MR) is 116 cm³/mol. The molecule has 0 aliphatic carbocycles. The van der Waals surface area contributed by atoms with E-state index in [-0.39, 0.29) is 10.7 Å². The van der Waals surface area contributed by atoms with Gasteiger partial charge in [-0.2, -0.15) is 0 Å². The van der Waals surface area contributed by atoms with Gasteiger partial charge in [0.25, 0.3) is 10.0 Å². The number of ketones is 1. The number of benzene rings is 3. The van der Waals surface area contributed by atoms with Crippen LogP contribution >= 0.6 is 0 Å². The predicted octanol–water partition coefficient (Wildman–Crippen LogP) is 3.25. The summed E-state index contributed by atoms with van der Waals surface area (Å²) in [6.07, 6.45) is 0. The Labute approximate surface area is 170 Å². The summed E-state index contributed by atoms with van der Waals surface area (Å²) in [7, 11) is -3.82. The quantitative estimate of drug-likeness (QED) is 0.633. The molecule has 0 radical (unpaired) electrons. The summed E-state index contributed by atoms with van der Waals surface area (Å²) < 4.78 is 28.9. The van der Waals surface area contributed by atoms with Gasteiger partial charge in [0.2, 0.25) is 0 Å². The van der Waals surface area contributed by atoms with Crippen molar-refractivity contribution in [2.45, 2.75) is 11.8 Å². The van der Waals surface area contributed by atoms with Crippen LogP contribution in [0.15, 0.2) is 65.6 Å². The van der Waals surface area contributed by atoms with Crippen LogP contribution in [0.1, 0.15) is 17.3 Å². The lowest BCUT2D eigenvalue weighted by atomic mass is 10.1. The molecule has 6 nitrogen and oxygen atoms in total. The van der Waals surface area contributed by atoms with E-state index in [0.29, 0.717) is 16.6 Å². The zero-order valence-corrected chi connectivity index (χ0v) is 17.0. The first-order chi connectivity index (χ1) is 14.0. The smallest absolute Gasteiger partial charge is 0.262 e. The number of anilines is 2. The van der Waals surface area contributed by atoms with Crippen LogP contribution in [0.3, 0.4) is 0 Å². The summed E-state index contributed by atoms with van der Waals surface area (Å²) >= 11 is 0. The maximum atomic E-state index is 13.2. The number of carbonyl (C=O) groups excluding carboxylic acids is 1. The molecule has 1 aliphatic heterocycles. The van der Waals surface area contributed by atoms with Crippen molar-refractivity contribution in [3.05, 3.63) is 66.2 Å². The van der Waals surface area contributed by atoms with Gasteiger partial charge in [0.15, 0.2) is 5.78 Å². The Bertz CT molecular complexity index is 1170. The Morgan fingerprint density at radius 1 is 0.966 bits per heavy atom. The van der Waals surface area contributed by atoms with Crippen LogP contribution in [-0.4, -0.2) is 40.4 Å². The Morgan fingerprint density at radius 2 is 1.69 bits per heavy atom. The number of nitrogens with one attached hydrogen (secondary N) is 2. The van der Waals surface area contributed by atoms with Crippen molar-refractivity contribution in [1.29, 1.82) is 0 Å². The topological polar surface area (TPSA) is 78.5 Å². The fourth-order valence-electron chi connectivity index (χ4n) is 3.68. The van der Waals surface area contributed by atoms with Crippen LogP contribution in [0.5, 0.6) is 0 Å². The van der Waals surface area contributed by atoms with Crippen LogP contribution in [-0.2, 0) is 10.0 Å². The van der Waals surface area contributed by atoms with Crippen LogP contribution in [0, 0.1) is 0 Å². The number of hydrogen-bond acceptors (Lipinski definition) is 5. The first-order valence-corrected chi connectivity index (χ1v) is 11.1. The second kappa shape index (κ2) is 7.85. The molecule has 0 atom stereocenters. The summed E-state index contributed by atoms with van der Waals surface area (Å²) in [6, 6.07) is 17.6. The van der Waals surface area contributed by atoms with E-state index in [4.69, 9.17) is 0 Å². The normalized spacial score (nSPS) is 14.7. The van der Waals surface area contributed by atoms with Crippen LogP contribution in [0.25, 0.3) is 10.8 Å². The van der Waals surface area contributed by atoms with Crippen molar-refractivity contribution in [2.75, 3.05) is 35.8 Å². The Morgan fingerprint density at radius 3 is 2.41 bits per heavy atom. The zero-order valence-electron chi connectivity index (χ0n) is 16.2. The van der Waals surface area contributed by atoms with Crippen LogP contribution in [0.4, 0.5) is 11.4 Å². The largest absolute Gasteiger partial charge is 0.368 e. The number of sulfonamides is 1. The van der Waals surface area contributed by atoms with Crippen molar-refractivity contribution >= 4 is 38.0 Å². The number of fused-ring (bicyclic) bond motifs is 1. The average molecular weight is 410 g/mol. The lowest BCUT2D eigenvalue weighted by Crippen LogP contribution is -2.43. The van der Waals surface area contributed by atoms with Gasteiger partial charge in [0.1, 0.15) is 0 Å². The highest BCUT2D eigenvalue weighted by Crippen LogP contribution is 2.33. The SMILES string of the molecule is CC(=O)c1cccc(NS(=O)(=O)c2ccc(N3CCNCC3)c3ccccc23)c1. The lowest BCUT2D eigenvalue weighted by Gasteiger charge is -2.30. The first kappa shape index (κ1) is 19.4. The molecule has 1 heterocycles. The molecule has 1 aliphatic rings. The highest BCUT2D eigenvalue weighted by molar-refractivity contribution is 7.93. The van der Waals surface area contributed by atoms with Crippen LogP contribution in [0.2, 0.25) is 0 Å². The molecule has 7 heteroatoms. The average Bonchev–Trinajstić information content (AvgIpc) is 2.73. The fraction of sp³-hybridized carbons (Fsp3) is 0.227. The van der Waals surface area contributed by atoms with Crippen molar-refractivity contribution in [2.24, 2.45) is 0 Å². The Kier molecular flexibility index (Phi) is 5.25. The van der Waals surface area contributed by atoms with Gasteiger partial charge in [-0.15, -0.1) is 0 Å². The number of rotatable bonds is 5. The zero-order chi connectivity index (χ0) is 20.4. The maximum Gasteiger partial charge on any atom is 0.262 e. The van der Waals surface area contributed by atoms with E-state index in [2.05, 4.69) is 14.9 Å². The molecule has 0 unspecified atom stereocenters. The molecule has 0 amide bonds. The van der Waals surface area contributed by atoms with Gasteiger partial charge in [0, 0.05) is 53.9 Å². The maximum absolute atomic E-state index is 13.2. The first-order valence-electron chi connectivity index (χ1n) is 9.57. The van der Waals surface area contributed by atoms with Gasteiger partial charge in [-0.25, -0.2) is 8.42 Å². The van der Waals surface area contributed by atoms with Gasteiger partial charge in [-0.3, -0.25) is 9.52 Å². The highest BCUT2D eigenvalue weighted by atomic mass is 32.2. The molecule has 1 saturated heterocycles. The minimum absolute atomic E-state index is 0.114. The number of Topliss-reactive ketones (excluding diaryl/α,β-unsaturated/α-hetero) is 1. The number of hydrogen-bond donors (Lipinski definition) is 2. The Balaban J connectivity index is 1.75. The lowest BCUT2D eigenvalue weighted by molar-refractivity contribution is 0.101. The van der Waals surface area contributed by atoms with E-state index in [1.165, 1.54) is 6.92 Å². The van der Waals surface area contributed by atoms with Gasteiger partial charge < -0.3 is 10.2 Å². The second-order valence-corrected chi connectivity index (χ2v) is 8.76. The number of nitrogens with zero attached hydrogens (tertiary/aromatic N) is 1. The van der Waals surface area contributed by atoms with E-state index in [0.717, 1.165) is 37.3 Å². The third-order valence-electron chi connectivity index (χ3n) is 5.13. The molecular formula is C22H23N3O3S. The van der Waals surface area contributed by atoms with Crippen molar-refractivity contribution in [3.63, 3.8) is 0 Å². The minimum atomic E-state index is -3.82. The third kappa shape index (κ3) is 3.97. The molecule has 29 heavy (non-hydrogen) atoms. The molecular weight excluding hydrogens is 386 g/mol. The summed E-state index contributed by atoms with van der Waals surface area (Å²) in [5.41, 5.74) is 1.87. The minimum Gasteiger partial charge on any atom is -0.368 e. The molecule has 0 spiro atoms. The molecule has 3 aromatic rings. The summed E-state index contributed by atoms with van der Waals surface area (Å²) in [5, 5.41) is 4.93. The van der Waals surface area contributed by atoms with E-state index >= 15 is 0 Å². The number of carbonyl (C=O) groups is 1. The monoisotopic (exact) mass is 409 g/mol. The Hall–Kier alpha value is -2.90. The summed E-state index contributed by atoms with van der Waals surface area (Å²) in [5.74, 6) is -0.114. The molecule has 2 N–H and O–H groups in total. The molecule has 150 valence electrons. The molecule has 3 aromatic carbocycles. The van der Waals surface area contributed by atoms with Gasteiger partial charge in [0.05, 0.1) is 4.90 Å².